The number of para-hydroxylation sites is 1. The van der Waals surface area contributed by atoms with Crippen LogP contribution >= 0.6 is 0 Å². The molecule has 0 atom stereocenters. The number of piperazine rings is 1. The Morgan fingerprint density at radius 2 is 1.81 bits per heavy atom. The number of benzene rings is 1. The minimum Gasteiger partial charge on any atom is -0.367 e. The maximum absolute atomic E-state index is 13.9. The van der Waals surface area contributed by atoms with Gasteiger partial charge in [-0.15, -0.1) is 0 Å². The first-order chi connectivity index (χ1) is 12.5. The van der Waals surface area contributed by atoms with Crippen LogP contribution in [0.2, 0.25) is 0 Å². The summed E-state index contributed by atoms with van der Waals surface area (Å²) < 4.78 is 13.9. The van der Waals surface area contributed by atoms with Crippen LogP contribution in [0.1, 0.15) is 39.0 Å². The summed E-state index contributed by atoms with van der Waals surface area (Å²) in [6.45, 7) is 6.73. The largest absolute Gasteiger partial charge is 0.367 e. The smallest absolute Gasteiger partial charge is 0.244 e. The fourth-order valence-electron chi connectivity index (χ4n) is 4.15. The molecule has 26 heavy (non-hydrogen) atoms. The van der Waals surface area contributed by atoms with Gasteiger partial charge in [0.15, 0.2) is 0 Å². The fraction of sp³-hybridized carbons (Fsp3) is 0.571. The number of carbonyl (C=O) groups excluding carboxylic acids is 1. The van der Waals surface area contributed by atoms with Crippen LogP contribution in [0, 0.1) is 11.7 Å². The van der Waals surface area contributed by atoms with Crippen molar-refractivity contribution in [2.75, 3.05) is 37.6 Å². The second-order valence-electron chi connectivity index (χ2n) is 7.60. The lowest BCUT2D eigenvalue weighted by Gasteiger charge is -2.37. The van der Waals surface area contributed by atoms with Crippen LogP contribution in [0.5, 0.6) is 0 Å². The van der Waals surface area contributed by atoms with E-state index in [1.807, 2.05) is 19.1 Å². The molecule has 1 aromatic rings. The molecule has 0 bridgehead atoms. The average Bonchev–Trinajstić information content (AvgIpc) is 2.67. The van der Waals surface area contributed by atoms with Gasteiger partial charge in [-0.1, -0.05) is 17.7 Å². The van der Waals surface area contributed by atoms with E-state index in [1.165, 1.54) is 18.1 Å². The van der Waals surface area contributed by atoms with Crippen LogP contribution in [0.15, 0.2) is 35.4 Å². The molecule has 4 nitrogen and oxygen atoms in total. The topological polar surface area (TPSA) is 49.6 Å². The molecule has 1 aliphatic carbocycles. The molecule has 3 rings (SSSR count). The van der Waals surface area contributed by atoms with E-state index in [0.717, 1.165) is 75.6 Å². The van der Waals surface area contributed by atoms with Crippen LogP contribution in [-0.2, 0) is 4.79 Å². The Kier molecular flexibility index (Phi) is 6.30. The molecule has 5 heteroatoms. The summed E-state index contributed by atoms with van der Waals surface area (Å²) in [5, 5.41) is 0. The highest BCUT2D eigenvalue weighted by molar-refractivity contribution is 5.92. The number of amides is 1. The van der Waals surface area contributed by atoms with Crippen molar-refractivity contribution in [3.05, 3.63) is 41.2 Å². The first kappa shape index (κ1) is 18.9. The average molecular weight is 359 g/mol. The van der Waals surface area contributed by atoms with Crippen molar-refractivity contribution < 1.29 is 9.18 Å². The lowest BCUT2D eigenvalue weighted by Crippen LogP contribution is -2.47. The molecule has 2 fully saturated rings. The van der Waals surface area contributed by atoms with Gasteiger partial charge in [-0.3, -0.25) is 9.69 Å². The van der Waals surface area contributed by atoms with Gasteiger partial charge in [0.1, 0.15) is 5.82 Å². The summed E-state index contributed by atoms with van der Waals surface area (Å²) in [5.74, 6) is 0.341. The van der Waals surface area contributed by atoms with E-state index < -0.39 is 0 Å². The van der Waals surface area contributed by atoms with Crippen molar-refractivity contribution in [1.82, 2.24) is 4.90 Å². The lowest BCUT2D eigenvalue weighted by atomic mass is 9.82. The summed E-state index contributed by atoms with van der Waals surface area (Å²) in [4.78, 5) is 15.9. The molecular formula is C21H30FN3O. The molecule has 1 aromatic carbocycles. The molecule has 2 aliphatic rings. The Labute approximate surface area is 155 Å². The Morgan fingerprint density at radius 1 is 1.15 bits per heavy atom. The first-order valence-electron chi connectivity index (χ1n) is 9.75. The van der Waals surface area contributed by atoms with Gasteiger partial charge in [0, 0.05) is 31.8 Å². The van der Waals surface area contributed by atoms with E-state index in [0.29, 0.717) is 0 Å². The van der Waals surface area contributed by atoms with Gasteiger partial charge in [0.05, 0.1) is 5.69 Å². The van der Waals surface area contributed by atoms with Gasteiger partial charge < -0.3 is 10.6 Å². The predicted molar refractivity (Wildman–Crippen MR) is 104 cm³/mol. The number of halogens is 1. The molecule has 1 aliphatic heterocycles. The maximum atomic E-state index is 13.9. The molecule has 0 spiro atoms. The van der Waals surface area contributed by atoms with Crippen molar-refractivity contribution in [1.29, 1.82) is 0 Å². The number of hydrogen-bond acceptors (Lipinski definition) is 3. The zero-order valence-corrected chi connectivity index (χ0v) is 15.7. The molecule has 0 aromatic heterocycles. The van der Waals surface area contributed by atoms with Crippen molar-refractivity contribution in [2.45, 2.75) is 39.0 Å². The monoisotopic (exact) mass is 359 g/mol. The molecule has 1 heterocycles. The first-order valence-corrected chi connectivity index (χ1v) is 9.75. The van der Waals surface area contributed by atoms with Crippen LogP contribution in [0.3, 0.4) is 0 Å². The lowest BCUT2D eigenvalue weighted by molar-refractivity contribution is -0.114. The number of hydrogen-bond donors (Lipinski definition) is 1. The Morgan fingerprint density at radius 3 is 2.42 bits per heavy atom. The van der Waals surface area contributed by atoms with Gasteiger partial charge in [-0.25, -0.2) is 4.39 Å². The third-order valence-electron chi connectivity index (χ3n) is 6.03. The van der Waals surface area contributed by atoms with Gasteiger partial charge in [-0.05, 0) is 63.6 Å². The third-order valence-corrected chi connectivity index (χ3v) is 6.03. The zero-order valence-electron chi connectivity index (χ0n) is 15.7. The number of carbonyl (C=O) groups is 1. The quantitative estimate of drug-likeness (QED) is 0.821. The summed E-state index contributed by atoms with van der Waals surface area (Å²) >= 11 is 0. The number of rotatable bonds is 5. The molecule has 1 saturated heterocycles. The Balaban J connectivity index is 1.40. The normalized spacial score (nSPS) is 21.7. The van der Waals surface area contributed by atoms with Crippen molar-refractivity contribution in [3.8, 4) is 0 Å². The number of anilines is 1. The minimum atomic E-state index is -0.272. The highest BCUT2D eigenvalue weighted by Gasteiger charge is 2.22. The second-order valence-corrected chi connectivity index (χ2v) is 7.60. The van der Waals surface area contributed by atoms with Gasteiger partial charge >= 0.3 is 0 Å². The molecule has 0 radical (unpaired) electrons. The van der Waals surface area contributed by atoms with Gasteiger partial charge in [0.2, 0.25) is 5.91 Å². The van der Waals surface area contributed by atoms with E-state index in [1.54, 1.807) is 6.07 Å². The van der Waals surface area contributed by atoms with E-state index in [9.17, 15) is 9.18 Å². The second kappa shape index (κ2) is 8.67. The predicted octanol–water partition coefficient (Wildman–Crippen LogP) is 3.33. The van der Waals surface area contributed by atoms with Crippen LogP contribution in [-0.4, -0.2) is 43.5 Å². The Hall–Kier alpha value is -1.88. The fourth-order valence-corrected chi connectivity index (χ4v) is 4.15. The van der Waals surface area contributed by atoms with Gasteiger partial charge in [0.25, 0.3) is 0 Å². The van der Waals surface area contributed by atoms with Crippen LogP contribution in [0.25, 0.3) is 0 Å². The number of allylic oxidation sites excluding steroid dienone is 1. The summed E-state index contributed by atoms with van der Waals surface area (Å²) in [6.07, 6.45) is 5.56. The standard InChI is InChI=1S/C21H30FN3O/c1-16(21(23)26)18-8-6-17(7-9-18)10-11-24-12-14-25(15-13-24)20-5-3-2-4-19(20)22/h2-5,17H,6-15H2,1H3,(H2,23,26). The van der Waals surface area contributed by atoms with Crippen molar-refractivity contribution in [3.63, 3.8) is 0 Å². The number of nitrogens with zero attached hydrogens (tertiary/aromatic N) is 2. The summed E-state index contributed by atoms with van der Waals surface area (Å²) in [6, 6.07) is 7.04. The summed E-state index contributed by atoms with van der Waals surface area (Å²) in [5.41, 5.74) is 8.14. The van der Waals surface area contributed by atoms with E-state index in [4.69, 9.17) is 5.73 Å². The Bertz CT molecular complexity index is 655. The maximum Gasteiger partial charge on any atom is 0.244 e. The zero-order chi connectivity index (χ0) is 18.5. The molecule has 142 valence electrons. The number of primary amides is 1. The van der Waals surface area contributed by atoms with Crippen molar-refractivity contribution >= 4 is 11.6 Å². The highest BCUT2D eigenvalue weighted by atomic mass is 19.1. The van der Waals surface area contributed by atoms with E-state index >= 15 is 0 Å². The number of nitrogens with two attached hydrogens (primary N) is 1. The molecule has 2 N–H and O–H groups in total. The van der Waals surface area contributed by atoms with Crippen LogP contribution < -0.4 is 10.6 Å². The van der Waals surface area contributed by atoms with Crippen molar-refractivity contribution in [2.24, 2.45) is 11.7 Å². The minimum absolute atomic E-state index is 0.127. The highest BCUT2D eigenvalue weighted by Crippen LogP contribution is 2.32. The molecular weight excluding hydrogens is 329 g/mol. The molecule has 1 saturated carbocycles. The van der Waals surface area contributed by atoms with E-state index in [2.05, 4.69) is 9.80 Å². The van der Waals surface area contributed by atoms with E-state index in [-0.39, 0.29) is 11.7 Å². The van der Waals surface area contributed by atoms with Crippen LogP contribution in [0.4, 0.5) is 10.1 Å². The SMILES string of the molecule is CC(C(N)=O)=C1CCC(CCN2CCN(c3ccccc3F)CC2)CC1. The van der Waals surface area contributed by atoms with Gasteiger partial charge in [-0.2, -0.15) is 0 Å². The third kappa shape index (κ3) is 4.64. The molecule has 0 unspecified atom stereocenters. The summed E-state index contributed by atoms with van der Waals surface area (Å²) in [7, 11) is 0. The molecule has 1 amide bonds.